The van der Waals surface area contributed by atoms with E-state index in [1.54, 1.807) is 0 Å². The van der Waals surface area contributed by atoms with Gasteiger partial charge in [-0.3, -0.25) is 9.69 Å². The van der Waals surface area contributed by atoms with E-state index in [4.69, 9.17) is 5.73 Å². The molecule has 0 saturated heterocycles. The van der Waals surface area contributed by atoms with Gasteiger partial charge in [0.25, 0.3) is 0 Å². The number of fused-ring (bicyclic) bond motifs is 1. The molecule has 0 spiro atoms. The summed E-state index contributed by atoms with van der Waals surface area (Å²) in [5.74, 6) is 0.141. The Bertz CT molecular complexity index is 715. The van der Waals surface area contributed by atoms with E-state index in [9.17, 15) is 4.79 Å². The van der Waals surface area contributed by atoms with Gasteiger partial charge in [-0.15, -0.1) is 11.3 Å². The number of hydrogen-bond acceptors (Lipinski definition) is 4. The minimum Gasteiger partial charge on any atom is -0.353 e. The average molecular weight is 372 g/mol. The van der Waals surface area contributed by atoms with Crippen molar-refractivity contribution in [2.75, 3.05) is 13.1 Å². The molecule has 140 valence electrons. The molecule has 0 bridgehead atoms. The molecule has 3 rings (SSSR count). The molecule has 2 heterocycles. The number of hydrogen-bond donors (Lipinski definition) is 2. The van der Waals surface area contributed by atoms with Gasteiger partial charge in [-0.2, -0.15) is 0 Å². The summed E-state index contributed by atoms with van der Waals surface area (Å²) in [5, 5.41) is 5.29. The molecule has 1 aromatic heterocycles. The van der Waals surface area contributed by atoms with E-state index in [0.29, 0.717) is 6.54 Å². The van der Waals surface area contributed by atoms with Crippen molar-refractivity contribution >= 4 is 17.2 Å². The number of carbonyl (C=O) groups is 1. The number of amides is 1. The summed E-state index contributed by atoms with van der Waals surface area (Å²) in [6.45, 7) is 6.64. The number of nitrogens with zero attached hydrogens (tertiary/aromatic N) is 1. The zero-order chi connectivity index (χ0) is 18.5. The summed E-state index contributed by atoms with van der Waals surface area (Å²) in [5.41, 5.74) is 8.76. The Balaban J connectivity index is 1.72. The number of carbonyl (C=O) groups excluding carboxylic acids is 1. The number of nitrogens with one attached hydrogen (secondary N) is 1. The normalized spacial score (nSPS) is 18.0. The Morgan fingerprint density at radius 2 is 2.08 bits per heavy atom. The Morgan fingerprint density at radius 1 is 1.31 bits per heavy atom. The fraction of sp³-hybridized carbons (Fsp3) is 0.476. The first-order valence-electron chi connectivity index (χ1n) is 9.47. The van der Waals surface area contributed by atoms with E-state index in [-0.39, 0.29) is 17.9 Å². The van der Waals surface area contributed by atoms with Crippen LogP contribution in [0.3, 0.4) is 0 Å². The van der Waals surface area contributed by atoms with Crippen LogP contribution in [-0.4, -0.2) is 29.9 Å². The summed E-state index contributed by atoms with van der Waals surface area (Å²) in [6.07, 6.45) is 1.99. The molecule has 0 aliphatic carbocycles. The maximum Gasteiger partial charge on any atom is 0.237 e. The van der Waals surface area contributed by atoms with Crippen LogP contribution in [0.2, 0.25) is 0 Å². The van der Waals surface area contributed by atoms with Crippen LogP contribution in [0.15, 0.2) is 41.8 Å². The van der Waals surface area contributed by atoms with Crippen molar-refractivity contribution in [3.8, 4) is 0 Å². The van der Waals surface area contributed by atoms with Crippen LogP contribution in [0.25, 0.3) is 0 Å². The maximum absolute atomic E-state index is 12.5. The van der Waals surface area contributed by atoms with E-state index in [2.05, 4.69) is 52.9 Å². The molecule has 1 aliphatic heterocycles. The third kappa shape index (κ3) is 4.34. The molecule has 1 aromatic carbocycles. The molecule has 26 heavy (non-hydrogen) atoms. The van der Waals surface area contributed by atoms with Gasteiger partial charge in [0, 0.05) is 24.5 Å². The molecule has 0 fully saturated rings. The first kappa shape index (κ1) is 19.1. The van der Waals surface area contributed by atoms with Gasteiger partial charge in [-0.25, -0.2) is 0 Å². The Labute approximate surface area is 160 Å². The van der Waals surface area contributed by atoms with E-state index in [1.807, 2.05) is 24.3 Å². The summed E-state index contributed by atoms with van der Waals surface area (Å²) in [7, 11) is 0. The fourth-order valence-corrected chi connectivity index (χ4v) is 4.39. The van der Waals surface area contributed by atoms with Crippen LogP contribution in [-0.2, 0) is 17.8 Å². The van der Waals surface area contributed by atoms with Crippen molar-refractivity contribution in [1.82, 2.24) is 10.2 Å². The van der Waals surface area contributed by atoms with Crippen LogP contribution < -0.4 is 11.1 Å². The predicted octanol–water partition coefficient (Wildman–Crippen LogP) is 3.34. The highest BCUT2D eigenvalue weighted by molar-refractivity contribution is 7.10. The summed E-state index contributed by atoms with van der Waals surface area (Å²) in [6, 6.07) is 12.4. The highest BCUT2D eigenvalue weighted by Crippen LogP contribution is 2.30. The molecule has 5 heteroatoms. The second-order valence-electron chi connectivity index (χ2n) is 7.17. The fourth-order valence-electron chi connectivity index (χ4n) is 3.50. The third-order valence-electron chi connectivity index (χ3n) is 5.49. The van der Waals surface area contributed by atoms with Gasteiger partial charge in [-0.1, -0.05) is 50.6 Å². The van der Waals surface area contributed by atoms with Gasteiger partial charge in [-0.05, 0) is 34.9 Å². The van der Waals surface area contributed by atoms with E-state index in [1.165, 1.54) is 16.0 Å². The minimum absolute atomic E-state index is 0.0477. The lowest BCUT2D eigenvalue weighted by molar-refractivity contribution is -0.123. The molecule has 3 N–H and O–H groups in total. The van der Waals surface area contributed by atoms with Gasteiger partial charge in [0.1, 0.15) is 0 Å². The van der Waals surface area contributed by atoms with Crippen LogP contribution in [0, 0.1) is 5.92 Å². The van der Waals surface area contributed by atoms with Gasteiger partial charge < -0.3 is 11.1 Å². The quantitative estimate of drug-likeness (QED) is 0.785. The smallest absolute Gasteiger partial charge is 0.237 e. The highest BCUT2D eigenvalue weighted by Gasteiger charge is 2.27. The molecule has 1 aliphatic rings. The molecule has 3 unspecified atom stereocenters. The van der Waals surface area contributed by atoms with Crippen LogP contribution in [0.4, 0.5) is 0 Å². The molecule has 1 amide bonds. The number of nitrogens with two attached hydrogens (primary N) is 1. The zero-order valence-corrected chi connectivity index (χ0v) is 16.5. The highest BCUT2D eigenvalue weighted by atomic mass is 32.1. The molecular formula is C21H29N3OS. The largest absolute Gasteiger partial charge is 0.353 e. The number of benzene rings is 1. The van der Waals surface area contributed by atoms with Crippen LogP contribution in [0.1, 0.15) is 42.3 Å². The Hall–Kier alpha value is -1.69. The van der Waals surface area contributed by atoms with Crippen LogP contribution >= 0.6 is 11.3 Å². The van der Waals surface area contributed by atoms with Gasteiger partial charge >= 0.3 is 0 Å². The molecule has 4 nitrogen and oxygen atoms in total. The van der Waals surface area contributed by atoms with Gasteiger partial charge in [0.15, 0.2) is 0 Å². The molecular weight excluding hydrogens is 342 g/mol. The van der Waals surface area contributed by atoms with Crippen molar-refractivity contribution < 1.29 is 4.79 Å². The number of rotatable bonds is 7. The van der Waals surface area contributed by atoms with E-state index >= 15 is 0 Å². The van der Waals surface area contributed by atoms with Crippen molar-refractivity contribution in [1.29, 1.82) is 0 Å². The molecule has 3 atom stereocenters. The van der Waals surface area contributed by atoms with Gasteiger partial charge in [0.2, 0.25) is 5.91 Å². The van der Waals surface area contributed by atoms with Crippen molar-refractivity contribution in [3.05, 3.63) is 57.8 Å². The average Bonchev–Trinajstić information content (AvgIpc) is 3.15. The molecule has 0 saturated carbocycles. The topological polar surface area (TPSA) is 58.4 Å². The van der Waals surface area contributed by atoms with Gasteiger partial charge in [0.05, 0.1) is 12.1 Å². The SMILES string of the molecule is CCC(C)C(N)C(=O)NCC(c1ccccc1)N1CCc2sccc2C1. The maximum atomic E-state index is 12.5. The first-order chi connectivity index (χ1) is 12.6. The summed E-state index contributed by atoms with van der Waals surface area (Å²) >= 11 is 1.85. The zero-order valence-electron chi connectivity index (χ0n) is 15.7. The summed E-state index contributed by atoms with van der Waals surface area (Å²) in [4.78, 5) is 16.4. The Kier molecular flexibility index (Phi) is 6.46. The van der Waals surface area contributed by atoms with Crippen molar-refractivity contribution in [2.45, 2.75) is 45.3 Å². The minimum atomic E-state index is -0.443. The monoisotopic (exact) mass is 371 g/mol. The third-order valence-corrected chi connectivity index (χ3v) is 6.51. The second-order valence-corrected chi connectivity index (χ2v) is 8.17. The molecule has 2 aromatic rings. The van der Waals surface area contributed by atoms with E-state index < -0.39 is 6.04 Å². The van der Waals surface area contributed by atoms with Crippen LogP contribution in [0.5, 0.6) is 0 Å². The first-order valence-corrected chi connectivity index (χ1v) is 10.4. The predicted molar refractivity (Wildman–Crippen MR) is 108 cm³/mol. The van der Waals surface area contributed by atoms with Crippen molar-refractivity contribution in [2.24, 2.45) is 11.7 Å². The van der Waals surface area contributed by atoms with E-state index in [0.717, 1.165) is 25.9 Å². The lowest BCUT2D eigenvalue weighted by atomic mass is 9.98. The number of thiophene rings is 1. The lowest BCUT2D eigenvalue weighted by Crippen LogP contribution is -2.47. The molecule has 0 radical (unpaired) electrons. The lowest BCUT2D eigenvalue weighted by Gasteiger charge is -2.35. The second kappa shape index (κ2) is 8.80. The standard InChI is InChI=1S/C21H29N3OS/c1-3-15(2)20(22)21(25)23-13-18(16-7-5-4-6-8-16)24-11-9-19-17(14-24)10-12-26-19/h4-8,10,12,15,18,20H,3,9,11,13-14,22H2,1-2H3,(H,23,25). The summed E-state index contributed by atoms with van der Waals surface area (Å²) < 4.78 is 0. The Morgan fingerprint density at radius 3 is 2.81 bits per heavy atom. The van der Waals surface area contributed by atoms with Crippen molar-refractivity contribution in [3.63, 3.8) is 0 Å².